The van der Waals surface area contributed by atoms with E-state index in [0.29, 0.717) is 17.9 Å². The van der Waals surface area contributed by atoms with E-state index >= 15 is 0 Å². The molecule has 1 unspecified atom stereocenters. The SMILES string of the molecule is C=C.CC(C)(C)C.CO.CSN1c2c(C)c(CC=O)c(-c3ccc(Cl)cc3)c3cc(C)n(c23)CC1CCN1CCOCC1. The zero-order chi connectivity index (χ0) is 32.3. The third kappa shape index (κ3) is 9.35. The number of carbonyl (C=O) groups is 1. The Labute approximate surface area is 269 Å². The van der Waals surface area contributed by atoms with Gasteiger partial charge in [-0.15, -0.1) is 13.2 Å². The van der Waals surface area contributed by atoms with Crippen LogP contribution in [0.1, 0.15) is 50.9 Å². The van der Waals surface area contributed by atoms with Crippen molar-refractivity contribution in [1.29, 1.82) is 0 Å². The maximum Gasteiger partial charge on any atom is 0.124 e. The summed E-state index contributed by atoms with van der Waals surface area (Å²) in [4.78, 5) is 14.3. The number of hydrogen-bond donors (Lipinski definition) is 1. The first-order valence-electron chi connectivity index (χ1n) is 15.0. The monoisotopic (exact) mass is 629 g/mol. The highest BCUT2D eigenvalue weighted by Crippen LogP contribution is 2.47. The van der Waals surface area contributed by atoms with Gasteiger partial charge >= 0.3 is 0 Å². The summed E-state index contributed by atoms with van der Waals surface area (Å²) in [5, 5.41) is 8.94. The first-order valence-corrected chi connectivity index (χ1v) is 16.5. The summed E-state index contributed by atoms with van der Waals surface area (Å²) < 4.78 is 10.5. The van der Waals surface area contributed by atoms with E-state index in [0.717, 1.165) is 80.9 Å². The highest BCUT2D eigenvalue weighted by Gasteiger charge is 2.33. The molecule has 238 valence electrons. The number of ether oxygens (including phenoxy) is 1. The van der Waals surface area contributed by atoms with Crippen LogP contribution in [0.25, 0.3) is 22.0 Å². The molecule has 0 aliphatic carbocycles. The van der Waals surface area contributed by atoms with E-state index in [4.69, 9.17) is 21.4 Å². The number of anilines is 1. The molecule has 1 N–H and O–H groups in total. The average molecular weight is 630 g/mol. The van der Waals surface area contributed by atoms with Crippen LogP contribution < -0.4 is 4.31 Å². The van der Waals surface area contributed by atoms with Crippen molar-refractivity contribution < 1.29 is 14.6 Å². The largest absolute Gasteiger partial charge is 0.400 e. The Morgan fingerprint density at radius 3 is 2.21 bits per heavy atom. The van der Waals surface area contributed by atoms with Gasteiger partial charge in [0, 0.05) is 62.1 Å². The number of aldehydes is 1. The van der Waals surface area contributed by atoms with E-state index in [1.54, 1.807) is 11.9 Å². The molecule has 0 saturated carbocycles. The normalized spacial score (nSPS) is 16.3. The van der Waals surface area contributed by atoms with Gasteiger partial charge in [0.05, 0.1) is 30.5 Å². The summed E-state index contributed by atoms with van der Waals surface area (Å²) in [6.07, 6.45) is 4.70. The topological polar surface area (TPSA) is 57.9 Å². The molecule has 3 aromatic rings. The molecular weight excluding hydrogens is 578 g/mol. The summed E-state index contributed by atoms with van der Waals surface area (Å²) in [6.45, 7) is 24.9. The quantitative estimate of drug-likeness (QED) is 0.162. The first-order chi connectivity index (χ1) is 20.5. The van der Waals surface area contributed by atoms with Crippen molar-refractivity contribution in [1.82, 2.24) is 9.47 Å². The number of rotatable bonds is 7. The van der Waals surface area contributed by atoms with E-state index in [-0.39, 0.29) is 0 Å². The minimum absolute atomic E-state index is 0.392. The van der Waals surface area contributed by atoms with Gasteiger partial charge in [-0.2, -0.15) is 0 Å². The fourth-order valence-corrected chi connectivity index (χ4v) is 6.66. The van der Waals surface area contributed by atoms with E-state index in [9.17, 15) is 4.79 Å². The van der Waals surface area contributed by atoms with Gasteiger partial charge in [0.1, 0.15) is 6.29 Å². The molecule has 1 fully saturated rings. The predicted molar refractivity (Wildman–Crippen MR) is 188 cm³/mol. The molecule has 1 aromatic heterocycles. The Bertz CT molecular complexity index is 1310. The van der Waals surface area contributed by atoms with E-state index in [1.807, 2.05) is 12.1 Å². The lowest BCUT2D eigenvalue weighted by Crippen LogP contribution is -2.43. The number of aliphatic hydroxyl groups is 1. The molecule has 8 heteroatoms. The Hall–Kier alpha value is -2.29. The minimum atomic E-state index is 0.392. The Morgan fingerprint density at radius 2 is 1.67 bits per heavy atom. The molecule has 2 aliphatic rings. The minimum Gasteiger partial charge on any atom is -0.400 e. The summed E-state index contributed by atoms with van der Waals surface area (Å²) in [7, 11) is 1.00. The molecule has 2 aliphatic heterocycles. The van der Waals surface area contributed by atoms with Gasteiger partial charge in [0.2, 0.25) is 0 Å². The maximum absolute atomic E-state index is 11.8. The summed E-state index contributed by atoms with van der Waals surface area (Å²) in [6, 6.07) is 10.7. The summed E-state index contributed by atoms with van der Waals surface area (Å²) in [5.74, 6) is 0. The van der Waals surface area contributed by atoms with Crippen molar-refractivity contribution in [3.63, 3.8) is 0 Å². The van der Waals surface area contributed by atoms with Crippen LogP contribution in [0.3, 0.4) is 0 Å². The van der Waals surface area contributed by atoms with Crippen LogP contribution in [-0.2, 0) is 22.5 Å². The van der Waals surface area contributed by atoms with Crippen molar-refractivity contribution in [2.75, 3.05) is 50.5 Å². The number of halogens is 1. The molecule has 0 amide bonds. The van der Waals surface area contributed by atoms with Crippen LogP contribution in [0.4, 0.5) is 5.69 Å². The number of morpholine rings is 1. The Balaban J connectivity index is 0.000000642. The number of nitrogens with zero attached hydrogens (tertiary/aromatic N) is 3. The van der Waals surface area contributed by atoms with E-state index < -0.39 is 0 Å². The van der Waals surface area contributed by atoms with Gasteiger partial charge in [-0.3, -0.25) is 4.90 Å². The van der Waals surface area contributed by atoms with Gasteiger partial charge < -0.3 is 23.5 Å². The fraction of sp³-hybridized carbons (Fsp3) is 0.514. The number of aryl methyl sites for hydroxylation is 1. The van der Waals surface area contributed by atoms with Crippen LogP contribution in [0.15, 0.2) is 43.5 Å². The molecule has 6 nitrogen and oxygen atoms in total. The zero-order valence-electron chi connectivity index (χ0n) is 27.5. The van der Waals surface area contributed by atoms with Gasteiger partial charge in [-0.1, -0.05) is 63.4 Å². The Morgan fingerprint density at radius 1 is 1.09 bits per heavy atom. The lowest BCUT2D eigenvalue weighted by Gasteiger charge is -2.40. The second kappa shape index (κ2) is 17.3. The van der Waals surface area contributed by atoms with Crippen molar-refractivity contribution in [3.8, 4) is 11.1 Å². The molecular formula is C35H52ClN3O3S. The molecule has 43 heavy (non-hydrogen) atoms. The van der Waals surface area contributed by atoms with E-state index in [2.05, 4.69) is 92.9 Å². The predicted octanol–water partition coefficient (Wildman–Crippen LogP) is 7.97. The van der Waals surface area contributed by atoms with Crippen LogP contribution in [-0.4, -0.2) is 73.1 Å². The molecule has 0 bridgehead atoms. The molecule has 1 saturated heterocycles. The number of benzene rings is 2. The van der Waals surface area contributed by atoms with Crippen LogP contribution >= 0.6 is 23.5 Å². The summed E-state index contributed by atoms with van der Waals surface area (Å²) >= 11 is 8.00. The van der Waals surface area contributed by atoms with Gasteiger partial charge in [-0.05, 0) is 66.1 Å². The van der Waals surface area contributed by atoms with Crippen molar-refractivity contribution in [2.45, 2.75) is 67.0 Å². The Kier molecular flexibility index (Phi) is 14.8. The van der Waals surface area contributed by atoms with Crippen LogP contribution in [0.5, 0.6) is 0 Å². The number of carbonyl (C=O) groups excluding carboxylic acids is 1. The standard InChI is InChI=1S/C27H32ClN3O2S.C5H12.C2H4.CH4O/c1-18-16-24-25(20-4-6-21(28)7-5-20)23(9-13-32)19(2)26-27(24)30(18)17-22(31(26)34-3)8-10-29-11-14-33-15-12-29;1-5(2,3)4;2*1-2/h4-7,13,16,22H,8-12,14-15,17H2,1-3H3;1-4H3;1-2H2;2H,1H3. The number of aromatic nitrogens is 1. The molecule has 1 atom stereocenters. The van der Waals surface area contributed by atoms with Gasteiger partial charge in [0.15, 0.2) is 0 Å². The van der Waals surface area contributed by atoms with Crippen molar-refractivity contribution in [2.24, 2.45) is 5.41 Å². The zero-order valence-corrected chi connectivity index (χ0v) is 29.1. The molecule has 5 rings (SSSR count). The maximum atomic E-state index is 11.8. The molecule has 3 heterocycles. The second-order valence-electron chi connectivity index (χ2n) is 12.3. The number of hydrogen-bond acceptors (Lipinski definition) is 6. The summed E-state index contributed by atoms with van der Waals surface area (Å²) in [5.41, 5.74) is 8.91. The fourth-order valence-electron chi connectivity index (χ4n) is 5.66. The first kappa shape index (κ1) is 36.9. The highest BCUT2D eigenvalue weighted by atomic mass is 35.5. The third-order valence-electron chi connectivity index (χ3n) is 7.35. The molecule has 2 aromatic carbocycles. The average Bonchev–Trinajstić information content (AvgIpc) is 3.32. The van der Waals surface area contributed by atoms with Gasteiger partial charge in [-0.25, -0.2) is 0 Å². The van der Waals surface area contributed by atoms with Crippen molar-refractivity contribution in [3.05, 3.63) is 65.3 Å². The van der Waals surface area contributed by atoms with Gasteiger partial charge in [0.25, 0.3) is 0 Å². The smallest absolute Gasteiger partial charge is 0.124 e. The highest BCUT2D eigenvalue weighted by molar-refractivity contribution is 8.00. The van der Waals surface area contributed by atoms with Crippen LogP contribution in [0, 0.1) is 19.3 Å². The van der Waals surface area contributed by atoms with Crippen LogP contribution in [0.2, 0.25) is 5.02 Å². The van der Waals surface area contributed by atoms with E-state index in [1.165, 1.54) is 27.8 Å². The lowest BCUT2D eigenvalue weighted by atomic mass is 9.89. The molecule has 0 radical (unpaired) electrons. The van der Waals surface area contributed by atoms with Crippen molar-refractivity contribution >= 4 is 46.4 Å². The molecule has 0 spiro atoms. The lowest BCUT2D eigenvalue weighted by molar-refractivity contribution is -0.107. The third-order valence-corrected chi connectivity index (χ3v) is 8.48. The second-order valence-corrected chi connectivity index (χ2v) is 13.5. The number of aliphatic hydroxyl groups excluding tert-OH is 1.